The second kappa shape index (κ2) is 7.74. The summed E-state index contributed by atoms with van der Waals surface area (Å²) in [5.74, 6) is 1.31. The molecule has 2 aromatic heterocycles. The first-order valence-corrected chi connectivity index (χ1v) is 10.2. The maximum absolute atomic E-state index is 12.7. The van der Waals surface area contributed by atoms with E-state index in [2.05, 4.69) is 17.3 Å². The molecular weight excluding hydrogens is 358 g/mol. The minimum atomic E-state index is -0.103. The van der Waals surface area contributed by atoms with Gasteiger partial charge in [0.25, 0.3) is 5.91 Å². The molecule has 3 heterocycles. The van der Waals surface area contributed by atoms with Crippen LogP contribution in [0, 0.1) is 5.92 Å². The highest BCUT2D eigenvalue weighted by Gasteiger charge is 2.17. The van der Waals surface area contributed by atoms with E-state index in [4.69, 9.17) is 4.74 Å². The second-order valence-corrected chi connectivity index (χ2v) is 8.25. The number of benzene rings is 1. The van der Waals surface area contributed by atoms with Crippen molar-refractivity contribution >= 4 is 33.1 Å². The molecule has 0 radical (unpaired) electrons. The lowest BCUT2D eigenvalue weighted by Crippen LogP contribution is -2.32. The summed E-state index contributed by atoms with van der Waals surface area (Å²) in [5.41, 5.74) is 2.50. The van der Waals surface area contributed by atoms with Crippen LogP contribution in [0.5, 0.6) is 5.75 Å². The fraction of sp³-hybridized carbons (Fsp3) is 0.381. The van der Waals surface area contributed by atoms with Crippen LogP contribution < -0.4 is 10.1 Å². The van der Waals surface area contributed by atoms with Crippen LogP contribution in [0.25, 0.3) is 10.2 Å². The van der Waals surface area contributed by atoms with Crippen molar-refractivity contribution in [3.05, 3.63) is 47.5 Å². The van der Waals surface area contributed by atoms with Crippen molar-refractivity contribution in [3.8, 4) is 5.75 Å². The topological polar surface area (TPSA) is 46.5 Å². The molecule has 1 aliphatic heterocycles. The highest BCUT2D eigenvalue weighted by Crippen LogP contribution is 2.26. The van der Waals surface area contributed by atoms with Gasteiger partial charge >= 0.3 is 0 Å². The third-order valence-electron chi connectivity index (χ3n) is 5.31. The lowest BCUT2D eigenvalue weighted by atomic mass is 9.98. The number of fused-ring (bicyclic) bond motifs is 1. The van der Waals surface area contributed by atoms with Gasteiger partial charge in [-0.15, -0.1) is 11.3 Å². The molecule has 27 heavy (non-hydrogen) atoms. The number of ether oxygens (including phenoxy) is 1. The Morgan fingerprint density at radius 2 is 2.04 bits per heavy atom. The molecule has 4 rings (SSSR count). The van der Waals surface area contributed by atoms with Gasteiger partial charge in [-0.2, -0.15) is 0 Å². The summed E-state index contributed by atoms with van der Waals surface area (Å²) in [5, 5.41) is 5.03. The third-order valence-corrected chi connectivity index (χ3v) is 6.17. The molecule has 0 bridgehead atoms. The Morgan fingerprint density at radius 3 is 2.81 bits per heavy atom. The Morgan fingerprint density at radius 1 is 1.22 bits per heavy atom. The number of hydrogen-bond acceptors (Lipinski definition) is 4. The highest BCUT2D eigenvalue weighted by molar-refractivity contribution is 7.17. The molecule has 1 aliphatic rings. The van der Waals surface area contributed by atoms with Gasteiger partial charge in [0.15, 0.2) is 0 Å². The molecule has 1 aromatic carbocycles. The van der Waals surface area contributed by atoms with Gasteiger partial charge in [-0.05, 0) is 68.5 Å². The van der Waals surface area contributed by atoms with Crippen molar-refractivity contribution in [1.29, 1.82) is 0 Å². The largest absolute Gasteiger partial charge is 0.493 e. The number of nitrogens with zero attached hydrogens (tertiary/aromatic N) is 2. The zero-order valence-electron chi connectivity index (χ0n) is 15.8. The van der Waals surface area contributed by atoms with Gasteiger partial charge in [0.05, 0.1) is 16.8 Å². The minimum absolute atomic E-state index is 0.103. The molecule has 1 saturated heterocycles. The molecule has 0 aliphatic carbocycles. The maximum atomic E-state index is 12.7. The van der Waals surface area contributed by atoms with Crippen LogP contribution in [0.15, 0.2) is 41.8 Å². The number of amides is 1. The predicted molar refractivity (Wildman–Crippen MR) is 111 cm³/mol. The first-order chi connectivity index (χ1) is 13.1. The number of rotatable bonds is 5. The Balaban J connectivity index is 1.39. The van der Waals surface area contributed by atoms with Crippen LogP contribution in [-0.4, -0.2) is 42.1 Å². The van der Waals surface area contributed by atoms with Gasteiger partial charge in [-0.25, -0.2) is 0 Å². The summed E-state index contributed by atoms with van der Waals surface area (Å²) in [7, 11) is 4.09. The summed E-state index contributed by atoms with van der Waals surface area (Å²) in [6.45, 7) is 3.01. The van der Waals surface area contributed by atoms with E-state index in [1.165, 1.54) is 12.8 Å². The molecule has 1 amide bonds. The lowest BCUT2D eigenvalue weighted by molar-refractivity contribution is 0.101. The number of anilines is 1. The van der Waals surface area contributed by atoms with Crippen molar-refractivity contribution in [2.24, 2.45) is 13.0 Å². The van der Waals surface area contributed by atoms with Gasteiger partial charge in [-0.3, -0.25) is 4.79 Å². The molecule has 142 valence electrons. The smallest absolute Gasteiger partial charge is 0.272 e. The Bertz CT molecular complexity index is 938. The van der Waals surface area contributed by atoms with Gasteiger partial charge < -0.3 is 19.5 Å². The quantitative estimate of drug-likeness (QED) is 0.718. The number of likely N-dealkylation sites (tertiary alicyclic amines) is 1. The number of piperidine rings is 1. The van der Waals surface area contributed by atoms with Crippen molar-refractivity contribution in [1.82, 2.24) is 9.47 Å². The predicted octanol–water partition coefficient (Wildman–Crippen LogP) is 4.21. The first kappa shape index (κ1) is 18.1. The average molecular weight is 384 g/mol. The van der Waals surface area contributed by atoms with E-state index in [-0.39, 0.29) is 5.91 Å². The molecule has 0 unspecified atom stereocenters. The Labute approximate surface area is 163 Å². The minimum Gasteiger partial charge on any atom is -0.493 e. The Hall–Kier alpha value is -2.31. The standard InChI is InChI=1S/C21H25N3O2S/c1-23-9-6-15(7-10-23)14-26-17-5-3-4-16(12-17)22-21(25)19-13-20-18(24(19)2)8-11-27-20/h3-5,8,11-13,15H,6-7,9-10,14H2,1-2H3,(H,22,25). The molecule has 0 saturated carbocycles. The normalized spacial score (nSPS) is 15.9. The van der Waals surface area contributed by atoms with E-state index < -0.39 is 0 Å². The van der Waals surface area contributed by atoms with Crippen LogP contribution in [-0.2, 0) is 7.05 Å². The average Bonchev–Trinajstić information content (AvgIpc) is 3.25. The summed E-state index contributed by atoms with van der Waals surface area (Å²) in [6.07, 6.45) is 2.36. The SMILES string of the molecule is CN1CCC(COc2cccc(NC(=O)c3cc4sccc4n3C)c2)CC1. The number of hydrogen-bond donors (Lipinski definition) is 1. The fourth-order valence-electron chi connectivity index (χ4n) is 3.57. The summed E-state index contributed by atoms with van der Waals surface area (Å²) < 4.78 is 9.05. The number of carbonyl (C=O) groups excluding carboxylic acids is 1. The summed E-state index contributed by atoms with van der Waals surface area (Å²) in [4.78, 5) is 15.0. The number of carbonyl (C=O) groups is 1. The van der Waals surface area contributed by atoms with Crippen LogP contribution in [0.4, 0.5) is 5.69 Å². The van der Waals surface area contributed by atoms with Crippen molar-refractivity contribution in [2.75, 3.05) is 32.1 Å². The van der Waals surface area contributed by atoms with Gasteiger partial charge in [0, 0.05) is 18.8 Å². The Kier molecular flexibility index (Phi) is 5.18. The number of nitrogens with one attached hydrogen (secondary N) is 1. The zero-order chi connectivity index (χ0) is 18.8. The van der Waals surface area contributed by atoms with Gasteiger partial charge in [0.1, 0.15) is 11.4 Å². The maximum Gasteiger partial charge on any atom is 0.272 e. The van der Waals surface area contributed by atoms with E-state index in [1.54, 1.807) is 11.3 Å². The zero-order valence-corrected chi connectivity index (χ0v) is 16.6. The molecular formula is C21H25N3O2S. The lowest BCUT2D eigenvalue weighted by Gasteiger charge is -2.28. The monoisotopic (exact) mass is 383 g/mol. The first-order valence-electron chi connectivity index (χ1n) is 9.36. The number of aryl methyl sites for hydroxylation is 1. The second-order valence-electron chi connectivity index (χ2n) is 7.30. The molecule has 0 spiro atoms. The van der Waals surface area contributed by atoms with Crippen LogP contribution >= 0.6 is 11.3 Å². The third kappa shape index (κ3) is 4.01. The van der Waals surface area contributed by atoms with E-state index in [1.807, 2.05) is 53.4 Å². The summed E-state index contributed by atoms with van der Waals surface area (Å²) in [6, 6.07) is 11.6. The van der Waals surface area contributed by atoms with Crippen molar-refractivity contribution in [2.45, 2.75) is 12.8 Å². The van der Waals surface area contributed by atoms with Crippen molar-refractivity contribution < 1.29 is 9.53 Å². The van der Waals surface area contributed by atoms with Crippen LogP contribution in [0.1, 0.15) is 23.3 Å². The molecule has 6 heteroatoms. The molecule has 3 aromatic rings. The van der Waals surface area contributed by atoms with E-state index in [0.717, 1.165) is 41.3 Å². The van der Waals surface area contributed by atoms with Gasteiger partial charge in [-0.1, -0.05) is 6.07 Å². The number of aromatic nitrogens is 1. The van der Waals surface area contributed by atoms with E-state index >= 15 is 0 Å². The van der Waals surface area contributed by atoms with Gasteiger partial charge in [0.2, 0.25) is 0 Å². The molecule has 1 fully saturated rings. The molecule has 1 N–H and O–H groups in total. The number of thiophene rings is 1. The molecule has 5 nitrogen and oxygen atoms in total. The fourth-order valence-corrected chi connectivity index (χ4v) is 4.42. The summed E-state index contributed by atoms with van der Waals surface area (Å²) >= 11 is 1.64. The highest BCUT2D eigenvalue weighted by atomic mass is 32.1. The van der Waals surface area contributed by atoms with Crippen molar-refractivity contribution in [3.63, 3.8) is 0 Å². The van der Waals surface area contributed by atoms with E-state index in [9.17, 15) is 4.79 Å². The molecule has 0 atom stereocenters. The van der Waals surface area contributed by atoms with Crippen LogP contribution in [0.2, 0.25) is 0 Å². The van der Waals surface area contributed by atoms with Crippen LogP contribution in [0.3, 0.4) is 0 Å². The van der Waals surface area contributed by atoms with E-state index in [0.29, 0.717) is 11.6 Å².